The van der Waals surface area contributed by atoms with E-state index >= 15 is 0 Å². The van der Waals surface area contributed by atoms with Crippen LogP contribution in [0.15, 0.2) is 41.8 Å². The number of aliphatic carboxylic acids is 1. The number of carboxylic acids is 1. The second-order valence-corrected chi connectivity index (χ2v) is 6.71. The SMILES string of the molecule is COC(CCCCCc1ccc(OCc2cccs2)cc1)C(=O)O. The van der Waals surface area contributed by atoms with E-state index in [1.54, 1.807) is 11.3 Å². The molecule has 1 aromatic carbocycles. The fraction of sp³-hybridized carbons (Fsp3) is 0.421. The molecule has 1 unspecified atom stereocenters. The number of hydrogen-bond acceptors (Lipinski definition) is 4. The van der Waals surface area contributed by atoms with Crippen LogP contribution in [0.2, 0.25) is 0 Å². The topological polar surface area (TPSA) is 55.8 Å². The maximum atomic E-state index is 10.8. The van der Waals surface area contributed by atoms with Gasteiger partial charge in [-0.2, -0.15) is 0 Å². The Morgan fingerprint density at radius 1 is 1.17 bits per heavy atom. The van der Waals surface area contributed by atoms with Crippen LogP contribution in [-0.2, 0) is 22.6 Å². The van der Waals surface area contributed by atoms with Crippen molar-refractivity contribution in [2.45, 2.75) is 44.8 Å². The molecule has 0 saturated carbocycles. The van der Waals surface area contributed by atoms with Crippen molar-refractivity contribution in [3.63, 3.8) is 0 Å². The minimum Gasteiger partial charge on any atom is -0.488 e. The van der Waals surface area contributed by atoms with Gasteiger partial charge in [0.2, 0.25) is 0 Å². The number of carbonyl (C=O) groups is 1. The third-order valence-corrected chi connectivity index (χ3v) is 4.73. The molecule has 1 atom stereocenters. The molecule has 0 saturated heterocycles. The molecule has 4 nitrogen and oxygen atoms in total. The fourth-order valence-corrected chi connectivity index (χ4v) is 3.10. The van der Waals surface area contributed by atoms with Gasteiger partial charge < -0.3 is 14.6 Å². The van der Waals surface area contributed by atoms with Crippen molar-refractivity contribution in [1.82, 2.24) is 0 Å². The lowest BCUT2D eigenvalue weighted by molar-refractivity contribution is -0.148. The molecule has 0 aliphatic rings. The van der Waals surface area contributed by atoms with E-state index in [9.17, 15) is 4.79 Å². The van der Waals surface area contributed by atoms with Crippen molar-refractivity contribution in [3.8, 4) is 5.75 Å². The van der Waals surface area contributed by atoms with Crippen molar-refractivity contribution >= 4 is 17.3 Å². The summed E-state index contributed by atoms with van der Waals surface area (Å²) >= 11 is 1.70. The molecule has 2 aromatic rings. The highest BCUT2D eigenvalue weighted by Gasteiger charge is 2.14. The van der Waals surface area contributed by atoms with E-state index in [-0.39, 0.29) is 0 Å². The lowest BCUT2D eigenvalue weighted by Crippen LogP contribution is -2.21. The highest BCUT2D eigenvalue weighted by Crippen LogP contribution is 2.18. The van der Waals surface area contributed by atoms with Crippen LogP contribution in [0.1, 0.15) is 36.1 Å². The molecular formula is C19H24O4S. The highest BCUT2D eigenvalue weighted by molar-refractivity contribution is 7.09. The standard InChI is InChI=1S/C19H24O4S/c1-22-18(19(20)21)8-4-2-3-6-15-9-11-16(12-10-15)23-14-17-7-5-13-24-17/h5,7,9-13,18H,2-4,6,8,14H2,1H3,(H,20,21). The van der Waals surface area contributed by atoms with E-state index in [1.807, 2.05) is 23.6 Å². The Bertz CT molecular complexity index is 592. The first-order valence-corrected chi connectivity index (χ1v) is 9.06. The first-order chi connectivity index (χ1) is 11.7. The summed E-state index contributed by atoms with van der Waals surface area (Å²) in [5, 5.41) is 11.0. The zero-order valence-electron chi connectivity index (χ0n) is 13.9. The lowest BCUT2D eigenvalue weighted by atomic mass is 10.0. The number of carboxylic acid groups (broad SMARTS) is 1. The third kappa shape index (κ3) is 6.34. The zero-order chi connectivity index (χ0) is 17.2. The molecule has 1 N–H and O–H groups in total. The molecule has 0 fully saturated rings. The van der Waals surface area contributed by atoms with Crippen LogP contribution < -0.4 is 4.74 Å². The Morgan fingerprint density at radius 3 is 2.58 bits per heavy atom. The molecule has 0 bridgehead atoms. The van der Waals surface area contributed by atoms with Crippen LogP contribution in [-0.4, -0.2) is 24.3 Å². The minimum atomic E-state index is -0.879. The molecule has 2 rings (SSSR count). The summed E-state index contributed by atoms with van der Waals surface area (Å²) < 4.78 is 10.7. The van der Waals surface area contributed by atoms with E-state index in [1.165, 1.54) is 17.6 Å². The maximum Gasteiger partial charge on any atom is 0.332 e. The fourth-order valence-electron chi connectivity index (χ4n) is 2.48. The summed E-state index contributed by atoms with van der Waals surface area (Å²) in [6.07, 6.45) is 3.81. The molecule has 0 spiro atoms. The normalized spacial score (nSPS) is 12.0. The summed E-state index contributed by atoms with van der Waals surface area (Å²) in [7, 11) is 1.45. The number of ether oxygens (including phenoxy) is 2. The first-order valence-electron chi connectivity index (χ1n) is 8.19. The number of aryl methyl sites for hydroxylation is 1. The summed E-state index contributed by atoms with van der Waals surface area (Å²) in [4.78, 5) is 12.1. The number of hydrogen-bond donors (Lipinski definition) is 1. The van der Waals surface area contributed by atoms with Gasteiger partial charge in [-0.15, -0.1) is 11.3 Å². The number of thiophene rings is 1. The van der Waals surface area contributed by atoms with Gasteiger partial charge in [0.1, 0.15) is 12.4 Å². The summed E-state index contributed by atoms with van der Waals surface area (Å²) in [5.74, 6) is 0.00665. The predicted octanol–water partition coefficient (Wildman–Crippen LogP) is 4.53. The van der Waals surface area contributed by atoms with Crippen LogP contribution in [0.4, 0.5) is 0 Å². The molecule has 130 valence electrons. The van der Waals surface area contributed by atoms with E-state index in [0.29, 0.717) is 13.0 Å². The van der Waals surface area contributed by atoms with Gasteiger partial charge in [-0.05, 0) is 48.4 Å². The highest BCUT2D eigenvalue weighted by atomic mass is 32.1. The molecule has 1 heterocycles. The Morgan fingerprint density at radius 2 is 1.96 bits per heavy atom. The third-order valence-electron chi connectivity index (χ3n) is 3.88. The average Bonchev–Trinajstić information content (AvgIpc) is 3.10. The Labute approximate surface area is 147 Å². The molecule has 1 aromatic heterocycles. The molecule has 0 aliphatic heterocycles. The monoisotopic (exact) mass is 348 g/mol. The van der Waals surface area contributed by atoms with Crippen LogP contribution in [0.5, 0.6) is 5.75 Å². The van der Waals surface area contributed by atoms with E-state index in [0.717, 1.165) is 31.4 Å². The van der Waals surface area contributed by atoms with Gasteiger partial charge in [-0.25, -0.2) is 4.79 Å². The second kappa shape index (κ2) is 10.1. The van der Waals surface area contributed by atoms with E-state index in [2.05, 4.69) is 18.2 Å². The zero-order valence-corrected chi connectivity index (χ0v) is 14.8. The molecular weight excluding hydrogens is 324 g/mol. The maximum absolute atomic E-state index is 10.8. The van der Waals surface area contributed by atoms with E-state index < -0.39 is 12.1 Å². The Kier molecular flexibility index (Phi) is 7.79. The Hall–Kier alpha value is -1.85. The number of rotatable bonds is 11. The molecule has 24 heavy (non-hydrogen) atoms. The largest absolute Gasteiger partial charge is 0.488 e. The number of benzene rings is 1. The van der Waals surface area contributed by atoms with Gasteiger partial charge in [-0.1, -0.05) is 31.0 Å². The van der Waals surface area contributed by atoms with Gasteiger partial charge in [-0.3, -0.25) is 0 Å². The number of methoxy groups -OCH3 is 1. The van der Waals surface area contributed by atoms with Gasteiger partial charge in [0.15, 0.2) is 6.10 Å². The molecule has 0 radical (unpaired) electrons. The summed E-state index contributed by atoms with van der Waals surface area (Å²) in [5.41, 5.74) is 1.28. The van der Waals surface area contributed by atoms with Crippen molar-refractivity contribution in [2.24, 2.45) is 0 Å². The summed E-state index contributed by atoms with van der Waals surface area (Å²) in [6.45, 7) is 0.612. The van der Waals surface area contributed by atoms with Crippen LogP contribution in [0.3, 0.4) is 0 Å². The van der Waals surface area contributed by atoms with Gasteiger partial charge in [0.25, 0.3) is 0 Å². The van der Waals surface area contributed by atoms with Crippen molar-refractivity contribution in [2.75, 3.05) is 7.11 Å². The van der Waals surface area contributed by atoms with Crippen molar-refractivity contribution in [1.29, 1.82) is 0 Å². The predicted molar refractivity (Wildman–Crippen MR) is 95.7 cm³/mol. The quantitative estimate of drug-likeness (QED) is 0.606. The minimum absolute atomic E-state index is 0.571. The second-order valence-electron chi connectivity index (χ2n) is 5.67. The summed E-state index contributed by atoms with van der Waals surface area (Å²) in [6, 6.07) is 12.3. The Balaban J connectivity index is 1.64. The molecule has 0 amide bonds. The first kappa shape index (κ1) is 18.5. The van der Waals surface area contributed by atoms with Crippen molar-refractivity contribution < 1.29 is 19.4 Å². The molecule has 5 heteroatoms. The van der Waals surface area contributed by atoms with Gasteiger partial charge >= 0.3 is 5.97 Å². The average molecular weight is 348 g/mol. The molecule has 0 aliphatic carbocycles. The van der Waals surface area contributed by atoms with Gasteiger partial charge in [0.05, 0.1) is 0 Å². The van der Waals surface area contributed by atoms with E-state index in [4.69, 9.17) is 14.6 Å². The van der Waals surface area contributed by atoms with Gasteiger partial charge in [0, 0.05) is 12.0 Å². The smallest absolute Gasteiger partial charge is 0.332 e. The number of unbranched alkanes of at least 4 members (excludes halogenated alkanes) is 2. The van der Waals surface area contributed by atoms with Crippen LogP contribution in [0, 0.1) is 0 Å². The lowest BCUT2D eigenvalue weighted by Gasteiger charge is -2.10. The van der Waals surface area contributed by atoms with Crippen molar-refractivity contribution in [3.05, 3.63) is 52.2 Å². The van der Waals surface area contributed by atoms with Crippen LogP contribution in [0.25, 0.3) is 0 Å². The van der Waals surface area contributed by atoms with Crippen LogP contribution >= 0.6 is 11.3 Å².